The Balaban J connectivity index is 1.73. The van der Waals surface area contributed by atoms with Gasteiger partial charge in [-0.05, 0) is 35.4 Å². The van der Waals surface area contributed by atoms with E-state index < -0.39 is 8.60 Å². The Hall–Kier alpha value is -1.65. The molecule has 0 aromatic heterocycles. The maximum atomic E-state index is 9.60. The number of benzene rings is 2. The van der Waals surface area contributed by atoms with E-state index >= 15 is 0 Å². The Morgan fingerprint density at radius 1 is 0.700 bits per heavy atom. The largest absolute Gasteiger partial charge is 0.508 e. The molecule has 0 bridgehead atoms. The second-order valence-corrected chi connectivity index (χ2v) is 5.11. The number of hydrogen-bond acceptors (Lipinski definition) is 5. The normalized spacial score (nSPS) is 10.9. The molecule has 3 N–H and O–H groups in total. The summed E-state index contributed by atoms with van der Waals surface area (Å²) in [5.41, 5.74) is 1.66. The molecule has 2 rings (SSSR count). The molecule has 0 unspecified atom stereocenters. The first kappa shape index (κ1) is 14.8. The van der Waals surface area contributed by atoms with Crippen molar-refractivity contribution in [3.63, 3.8) is 0 Å². The van der Waals surface area contributed by atoms with Crippen LogP contribution in [0.4, 0.5) is 0 Å². The van der Waals surface area contributed by atoms with Gasteiger partial charge in [0.2, 0.25) is 0 Å². The quantitative estimate of drug-likeness (QED) is 0.714. The molecule has 0 heterocycles. The first-order valence-corrected chi connectivity index (χ1v) is 7.07. The highest BCUT2D eigenvalue weighted by Crippen LogP contribution is 2.35. The highest BCUT2D eigenvalue weighted by molar-refractivity contribution is 7.40. The van der Waals surface area contributed by atoms with Gasteiger partial charge in [0.15, 0.2) is 0 Å². The summed E-state index contributed by atoms with van der Waals surface area (Å²) < 4.78 is 10.4. The van der Waals surface area contributed by atoms with Crippen LogP contribution >= 0.6 is 8.60 Å². The van der Waals surface area contributed by atoms with Gasteiger partial charge in [0.05, 0.1) is 13.2 Å². The van der Waals surface area contributed by atoms with Gasteiger partial charge in [-0.1, -0.05) is 24.3 Å². The van der Waals surface area contributed by atoms with Crippen molar-refractivity contribution in [3.05, 3.63) is 59.7 Å². The van der Waals surface area contributed by atoms with E-state index in [2.05, 4.69) is 0 Å². The summed E-state index contributed by atoms with van der Waals surface area (Å²) in [6.07, 6.45) is 0. The molecule has 0 amide bonds. The molecule has 0 aliphatic heterocycles. The molecule has 2 aromatic carbocycles. The van der Waals surface area contributed by atoms with E-state index in [4.69, 9.17) is 19.3 Å². The second-order valence-electron chi connectivity index (χ2n) is 4.12. The van der Waals surface area contributed by atoms with Crippen LogP contribution in [0.25, 0.3) is 0 Å². The van der Waals surface area contributed by atoms with Crippen molar-refractivity contribution < 1.29 is 24.2 Å². The fraction of sp³-hybridized carbons (Fsp3) is 0.143. The SMILES string of the molecule is Oc1ccc(COP(O)OCc2ccc(O)cc2)cc1. The average Bonchev–Trinajstić information content (AvgIpc) is 2.46. The van der Waals surface area contributed by atoms with Crippen LogP contribution in [-0.2, 0) is 22.3 Å². The minimum absolute atomic E-state index is 0.184. The molecule has 20 heavy (non-hydrogen) atoms. The maximum Gasteiger partial charge on any atom is 0.330 e. The van der Waals surface area contributed by atoms with Crippen molar-refractivity contribution >= 4 is 8.60 Å². The smallest absolute Gasteiger partial charge is 0.330 e. The van der Waals surface area contributed by atoms with Gasteiger partial charge in [0, 0.05) is 0 Å². The lowest BCUT2D eigenvalue weighted by molar-refractivity contribution is 0.187. The van der Waals surface area contributed by atoms with Crippen LogP contribution < -0.4 is 0 Å². The summed E-state index contributed by atoms with van der Waals surface area (Å²) in [6.45, 7) is 0.413. The topological polar surface area (TPSA) is 79.2 Å². The molecule has 0 atom stereocenters. The van der Waals surface area contributed by atoms with E-state index in [1.807, 2.05) is 0 Å². The molecule has 0 saturated heterocycles. The third-order valence-electron chi connectivity index (χ3n) is 2.56. The zero-order valence-corrected chi connectivity index (χ0v) is 11.5. The first-order valence-electron chi connectivity index (χ1n) is 5.94. The van der Waals surface area contributed by atoms with E-state index in [1.165, 1.54) is 0 Å². The van der Waals surface area contributed by atoms with E-state index in [9.17, 15) is 4.89 Å². The van der Waals surface area contributed by atoms with Gasteiger partial charge >= 0.3 is 8.60 Å². The van der Waals surface area contributed by atoms with Crippen molar-refractivity contribution in [2.75, 3.05) is 0 Å². The Bertz CT molecular complexity index is 477. The number of aromatic hydroxyl groups is 2. The summed E-state index contributed by atoms with van der Waals surface area (Å²) in [4.78, 5) is 9.60. The molecule has 0 aliphatic carbocycles. The Morgan fingerprint density at radius 2 is 1.05 bits per heavy atom. The first-order chi connectivity index (χ1) is 9.63. The van der Waals surface area contributed by atoms with Crippen molar-refractivity contribution in [1.29, 1.82) is 0 Å². The number of hydrogen-bond donors (Lipinski definition) is 3. The molecule has 5 nitrogen and oxygen atoms in total. The highest BCUT2D eigenvalue weighted by atomic mass is 31.2. The third kappa shape index (κ3) is 4.79. The van der Waals surface area contributed by atoms with Crippen LogP contribution in [-0.4, -0.2) is 15.1 Å². The van der Waals surface area contributed by atoms with Gasteiger partial charge in [0.1, 0.15) is 11.5 Å². The minimum Gasteiger partial charge on any atom is -0.508 e. The maximum absolute atomic E-state index is 9.60. The van der Waals surface area contributed by atoms with Crippen molar-refractivity contribution in [2.24, 2.45) is 0 Å². The fourth-order valence-corrected chi connectivity index (χ4v) is 2.07. The molecule has 6 heteroatoms. The van der Waals surface area contributed by atoms with Gasteiger partial charge in [0.25, 0.3) is 0 Å². The van der Waals surface area contributed by atoms with Crippen LogP contribution in [0.5, 0.6) is 11.5 Å². The molecule has 0 radical (unpaired) electrons. The fourth-order valence-electron chi connectivity index (χ4n) is 1.48. The molecule has 2 aromatic rings. The standard InChI is InChI=1S/C14H15O5P/c15-13-5-1-11(2-6-13)9-18-20(17)19-10-12-3-7-14(16)8-4-12/h1-8,15-17H,9-10H2. The number of phenols is 2. The highest BCUT2D eigenvalue weighted by Gasteiger charge is 2.07. The summed E-state index contributed by atoms with van der Waals surface area (Å²) in [5.74, 6) is 0.368. The molecule has 0 fully saturated rings. The molecular formula is C14H15O5P. The predicted molar refractivity (Wildman–Crippen MR) is 74.9 cm³/mol. The molecular weight excluding hydrogens is 279 g/mol. The lowest BCUT2D eigenvalue weighted by atomic mass is 10.2. The van der Waals surface area contributed by atoms with E-state index in [0.717, 1.165) is 11.1 Å². The molecule has 0 saturated carbocycles. The van der Waals surface area contributed by atoms with E-state index in [1.54, 1.807) is 48.5 Å². The van der Waals surface area contributed by atoms with Crippen LogP contribution in [0.2, 0.25) is 0 Å². The zero-order valence-electron chi connectivity index (χ0n) is 10.6. The second kappa shape index (κ2) is 7.22. The Kier molecular flexibility index (Phi) is 5.32. The Morgan fingerprint density at radius 3 is 1.40 bits per heavy atom. The van der Waals surface area contributed by atoms with Crippen molar-refractivity contribution in [1.82, 2.24) is 0 Å². The summed E-state index contributed by atoms with van der Waals surface area (Å²) >= 11 is 0. The predicted octanol–water partition coefficient (Wildman–Crippen LogP) is 3.05. The number of phenolic OH excluding ortho intramolecular Hbond substituents is 2. The lowest BCUT2D eigenvalue weighted by Gasteiger charge is -2.11. The number of rotatable bonds is 6. The van der Waals surface area contributed by atoms with Crippen molar-refractivity contribution in [3.8, 4) is 11.5 Å². The summed E-state index contributed by atoms with van der Waals surface area (Å²) in [5, 5.41) is 18.3. The van der Waals surface area contributed by atoms with Crippen LogP contribution in [0.3, 0.4) is 0 Å². The van der Waals surface area contributed by atoms with Gasteiger partial charge in [-0.2, -0.15) is 0 Å². The van der Waals surface area contributed by atoms with Gasteiger partial charge in [-0.25, -0.2) is 0 Å². The van der Waals surface area contributed by atoms with E-state index in [0.29, 0.717) is 0 Å². The Labute approximate surface area is 118 Å². The molecule has 0 aliphatic rings. The molecule has 0 spiro atoms. The summed E-state index contributed by atoms with van der Waals surface area (Å²) in [7, 11) is -1.97. The van der Waals surface area contributed by atoms with Gasteiger partial charge in [-0.15, -0.1) is 0 Å². The monoisotopic (exact) mass is 294 g/mol. The minimum atomic E-state index is -1.97. The van der Waals surface area contributed by atoms with Gasteiger partial charge in [-0.3, -0.25) is 0 Å². The van der Waals surface area contributed by atoms with Crippen molar-refractivity contribution in [2.45, 2.75) is 13.2 Å². The third-order valence-corrected chi connectivity index (χ3v) is 3.26. The average molecular weight is 294 g/mol. The van der Waals surface area contributed by atoms with Crippen LogP contribution in [0, 0.1) is 0 Å². The van der Waals surface area contributed by atoms with Crippen LogP contribution in [0.1, 0.15) is 11.1 Å². The lowest BCUT2D eigenvalue weighted by Crippen LogP contribution is -1.93. The van der Waals surface area contributed by atoms with E-state index in [-0.39, 0.29) is 24.7 Å². The van der Waals surface area contributed by atoms with Crippen LogP contribution in [0.15, 0.2) is 48.5 Å². The molecule has 106 valence electrons. The van der Waals surface area contributed by atoms with Gasteiger partial charge < -0.3 is 24.2 Å². The summed E-state index contributed by atoms with van der Waals surface area (Å²) in [6, 6.07) is 13.0. The zero-order chi connectivity index (χ0) is 14.4.